The molecule has 2 heteroatoms. The minimum absolute atomic E-state index is 0.164. The molecule has 0 fully saturated rings. The average molecular weight is 731 g/mol. The van der Waals surface area contributed by atoms with Crippen LogP contribution in [0, 0.1) is 0 Å². The molecule has 0 spiro atoms. The van der Waals surface area contributed by atoms with Crippen molar-refractivity contribution in [2.75, 3.05) is 0 Å². The average Bonchev–Trinajstić information content (AvgIpc) is 3.53. The maximum atomic E-state index is 5.54. The zero-order valence-electron chi connectivity index (χ0n) is 32.2. The maximum Gasteiger partial charge on any atom is 0.160 e. The van der Waals surface area contributed by atoms with Crippen LogP contribution < -0.4 is 0 Å². The van der Waals surface area contributed by atoms with E-state index in [1.165, 1.54) is 39.0 Å². The van der Waals surface area contributed by atoms with Crippen molar-refractivity contribution < 1.29 is 0 Å². The van der Waals surface area contributed by atoms with Gasteiger partial charge in [0.05, 0.1) is 11.4 Å². The van der Waals surface area contributed by atoms with E-state index in [0.717, 1.165) is 62.6 Å². The van der Waals surface area contributed by atoms with E-state index in [-0.39, 0.29) is 5.41 Å². The lowest BCUT2D eigenvalue weighted by Gasteiger charge is -2.26. The summed E-state index contributed by atoms with van der Waals surface area (Å²) in [6.07, 6.45) is 7.87. The molecule has 0 bridgehead atoms. The summed E-state index contributed by atoms with van der Waals surface area (Å²) in [6, 6.07) is 65.3. The van der Waals surface area contributed by atoms with Gasteiger partial charge in [0.1, 0.15) is 0 Å². The van der Waals surface area contributed by atoms with Crippen LogP contribution in [0.5, 0.6) is 0 Å². The molecule has 1 heterocycles. The van der Waals surface area contributed by atoms with Crippen LogP contribution in [0.25, 0.3) is 78.4 Å². The van der Waals surface area contributed by atoms with Crippen LogP contribution >= 0.6 is 0 Å². The highest BCUT2D eigenvalue weighted by Crippen LogP contribution is 2.55. The standard InChI is InChI=1S/C55H42N2/c1-55(2)50-29-16-15-26-47(50)48-27-17-28-49(53(48)55)54-56-51(45-32-41(37-18-7-3-8-19-37)30-42(33-45)38-20-9-4-10-21-38)36-52(57-54)46-34-43(39-22-11-5-12-23-39)31-44(35-46)40-24-13-6-14-25-40/h3-25,27-36,47H,26H2,1-2H3. The minimum atomic E-state index is -0.164. The Hall–Kier alpha value is -6.90. The Kier molecular flexibility index (Phi) is 8.68. The first-order valence-corrected chi connectivity index (χ1v) is 19.9. The molecule has 0 radical (unpaired) electrons. The number of benzene rings is 7. The second-order valence-corrected chi connectivity index (χ2v) is 15.8. The first-order chi connectivity index (χ1) is 28.0. The van der Waals surface area contributed by atoms with E-state index in [0.29, 0.717) is 5.92 Å². The Morgan fingerprint density at radius 1 is 0.439 bits per heavy atom. The number of hydrogen-bond donors (Lipinski definition) is 0. The molecule has 0 aliphatic heterocycles. The van der Waals surface area contributed by atoms with Crippen molar-refractivity contribution in [3.05, 3.63) is 217 Å². The predicted molar refractivity (Wildman–Crippen MR) is 238 cm³/mol. The molecule has 7 aromatic carbocycles. The van der Waals surface area contributed by atoms with Crippen molar-refractivity contribution in [3.63, 3.8) is 0 Å². The molecule has 0 saturated heterocycles. The molecule has 1 atom stereocenters. The highest BCUT2D eigenvalue weighted by Gasteiger charge is 2.43. The summed E-state index contributed by atoms with van der Waals surface area (Å²) in [4.78, 5) is 11.1. The van der Waals surface area contributed by atoms with Crippen molar-refractivity contribution in [2.24, 2.45) is 0 Å². The summed E-state index contributed by atoms with van der Waals surface area (Å²) in [5, 5.41) is 0. The van der Waals surface area contributed by atoms with Crippen LogP contribution in [0.3, 0.4) is 0 Å². The van der Waals surface area contributed by atoms with Crippen molar-refractivity contribution in [1.82, 2.24) is 9.97 Å². The van der Waals surface area contributed by atoms with Gasteiger partial charge in [0, 0.05) is 28.0 Å². The molecule has 57 heavy (non-hydrogen) atoms. The minimum Gasteiger partial charge on any atom is -0.228 e. The van der Waals surface area contributed by atoms with E-state index in [1.807, 2.05) is 0 Å². The summed E-state index contributed by atoms with van der Waals surface area (Å²) >= 11 is 0. The van der Waals surface area contributed by atoms with Gasteiger partial charge in [0.2, 0.25) is 0 Å². The molecule has 272 valence electrons. The molecule has 0 N–H and O–H groups in total. The fraction of sp³-hybridized carbons (Fsp3) is 0.0909. The number of fused-ring (bicyclic) bond motifs is 3. The van der Waals surface area contributed by atoms with E-state index in [2.05, 4.69) is 214 Å². The van der Waals surface area contributed by atoms with Crippen LogP contribution in [0.15, 0.2) is 206 Å². The van der Waals surface area contributed by atoms with Gasteiger partial charge < -0.3 is 0 Å². The molecule has 10 rings (SSSR count). The number of rotatable bonds is 7. The molecule has 2 aliphatic carbocycles. The van der Waals surface area contributed by atoms with E-state index in [9.17, 15) is 0 Å². The first-order valence-electron chi connectivity index (χ1n) is 19.9. The molecule has 0 saturated carbocycles. The van der Waals surface area contributed by atoms with Crippen molar-refractivity contribution in [2.45, 2.75) is 31.6 Å². The lowest BCUT2D eigenvalue weighted by molar-refractivity contribution is 0.613. The van der Waals surface area contributed by atoms with E-state index < -0.39 is 0 Å². The normalized spacial score (nSPS) is 15.1. The van der Waals surface area contributed by atoms with E-state index in [4.69, 9.17) is 9.97 Å². The first kappa shape index (κ1) is 34.6. The monoisotopic (exact) mass is 730 g/mol. The smallest absolute Gasteiger partial charge is 0.160 e. The van der Waals surface area contributed by atoms with Gasteiger partial charge in [0.25, 0.3) is 0 Å². The maximum absolute atomic E-state index is 5.54. The molecule has 0 amide bonds. The lowest BCUT2D eigenvalue weighted by Crippen LogP contribution is -2.18. The van der Waals surface area contributed by atoms with Gasteiger partial charge in [-0.3, -0.25) is 0 Å². The molecule has 1 unspecified atom stereocenters. The Balaban J connectivity index is 1.24. The van der Waals surface area contributed by atoms with Crippen molar-refractivity contribution in [3.8, 4) is 78.4 Å². The van der Waals surface area contributed by atoms with Crippen LogP contribution in [-0.4, -0.2) is 9.97 Å². The summed E-state index contributed by atoms with van der Waals surface area (Å²) < 4.78 is 0. The van der Waals surface area contributed by atoms with E-state index in [1.54, 1.807) is 0 Å². The predicted octanol–water partition coefficient (Wildman–Crippen LogP) is 14.4. The number of hydrogen-bond acceptors (Lipinski definition) is 2. The third kappa shape index (κ3) is 6.44. The molecular weight excluding hydrogens is 689 g/mol. The highest BCUT2D eigenvalue weighted by molar-refractivity contribution is 5.85. The van der Waals surface area contributed by atoms with Gasteiger partial charge in [-0.05, 0) is 105 Å². The van der Waals surface area contributed by atoms with Crippen LogP contribution in [0.1, 0.15) is 37.3 Å². The van der Waals surface area contributed by atoms with Gasteiger partial charge in [-0.1, -0.05) is 177 Å². The Labute approximate surface area is 335 Å². The summed E-state index contributed by atoms with van der Waals surface area (Å²) in [7, 11) is 0. The van der Waals surface area contributed by atoms with Crippen molar-refractivity contribution >= 4 is 0 Å². The van der Waals surface area contributed by atoms with Gasteiger partial charge >= 0.3 is 0 Å². The quantitative estimate of drug-likeness (QED) is 0.163. The number of aromatic nitrogens is 2. The third-order valence-corrected chi connectivity index (χ3v) is 11.8. The van der Waals surface area contributed by atoms with Gasteiger partial charge in [0.15, 0.2) is 5.82 Å². The highest BCUT2D eigenvalue weighted by atomic mass is 14.9. The van der Waals surface area contributed by atoms with E-state index >= 15 is 0 Å². The Morgan fingerprint density at radius 2 is 0.860 bits per heavy atom. The van der Waals surface area contributed by atoms with Gasteiger partial charge in [-0.25, -0.2) is 9.97 Å². The topological polar surface area (TPSA) is 25.8 Å². The molecule has 8 aromatic rings. The zero-order chi connectivity index (χ0) is 38.3. The van der Waals surface area contributed by atoms with Crippen LogP contribution in [-0.2, 0) is 5.41 Å². The van der Waals surface area contributed by atoms with Crippen LogP contribution in [0.2, 0.25) is 0 Å². The number of nitrogens with zero attached hydrogens (tertiary/aromatic N) is 2. The number of allylic oxidation sites excluding steroid dienone is 4. The van der Waals surface area contributed by atoms with Crippen molar-refractivity contribution in [1.29, 1.82) is 0 Å². The third-order valence-electron chi connectivity index (χ3n) is 11.8. The fourth-order valence-electron chi connectivity index (χ4n) is 9.06. The largest absolute Gasteiger partial charge is 0.228 e. The van der Waals surface area contributed by atoms with Crippen LogP contribution in [0.4, 0.5) is 0 Å². The molecule has 2 nitrogen and oxygen atoms in total. The second kappa shape index (κ2) is 14.3. The fourth-order valence-corrected chi connectivity index (χ4v) is 9.06. The lowest BCUT2D eigenvalue weighted by atomic mass is 9.78. The molecule has 1 aromatic heterocycles. The summed E-state index contributed by atoms with van der Waals surface area (Å²) in [5.41, 5.74) is 18.3. The van der Waals surface area contributed by atoms with Gasteiger partial charge in [-0.2, -0.15) is 0 Å². The summed E-state index contributed by atoms with van der Waals surface area (Å²) in [5.74, 6) is 1.12. The van der Waals surface area contributed by atoms with Gasteiger partial charge in [-0.15, -0.1) is 0 Å². The zero-order valence-corrected chi connectivity index (χ0v) is 32.2. The SMILES string of the molecule is CC1(C)C2=CC=CCC2c2cccc(-c3nc(-c4cc(-c5ccccc5)cc(-c5ccccc5)c4)cc(-c4cc(-c5ccccc5)cc(-c5ccccc5)c4)n3)c21. The summed E-state index contributed by atoms with van der Waals surface area (Å²) in [6.45, 7) is 4.74. The Morgan fingerprint density at radius 3 is 1.30 bits per heavy atom. The molecule has 2 aliphatic rings. The molecular formula is C55H42N2. The second-order valence-electron chi connectivity index (χ2n) is 15.8. The Bertz CT molecular complexity index is 2560.